The van der Waals surface area contributed by atoms with E-state index in [0.717, 1.165) is 4.88 Å². The number of carboxylic acids is 1. The molecule has 1 aromatic rings. The van der Waals surface area contributed by atoms with Crippen LogP contribution in [0, 0.1) is 18.8 Å². The van der Waals surface area contributed by atoms with Gasteiger partial charge in [0.25, 0.3) is 10.0 Å². The van der Waals surface area contributed by atoms with Crippen molar-refractivity contribution in [2.75, 3.05) is 13.1 Å². The molecule has 2 unspecified atom stereocenters. The lowest BCUT2D eigenvalue weighted by Gasteiger charge is -2.33. The number of aryl methyl sites for hydroxylation is 1. The van der Waals surface area contributed by atoms with E-state index in [0.29, 0.717) is 17.2 Å². The Balaban J connectivity index is 2.27. The van der Waals surface area contributed by atoms with Crippen LogP contribution in [0.1, 0.15) is 18.2 Å². The number of nitrogens with zero attached hydrogens (tertiary/aromatic N) is 1. The van der Waals surface area contributed by atoms with E-state index in [1.54, 1.807) is 12.1 Å². The van der Waals surface area contributed by atoms with Crippen molar-refractivity contribution < 1.29 is 18.3 Å². The molecule has 1 aliphatic heterocycles. The van der Waals surface area contributed by atoms with Crippen molar-refractivity contribution in [2.24, 2.45) is 11.8 Å². The zero-order chi connectivity index (χ0) is 14.2. The number of thiophene rings is 1. The summed E-state index contributed by atoms with van der Waals surface area (Å²) in [6, 6.07) is 3.35. The molecule has 1 N–H and O–H groups in total. The summed E-state index contributed by atoms with van der Waals surface area (Å²) < 4.78 is 26.5. The van der Waals surface area contributed by atoms with Crippen molar-refractivity contribution in [2.45, 2.75) is 24.5 Å². The predicted molar refractivity (Wildman–Crippen MR) is 72.7 cm³/mol. The molecule has 0 aromatic carbocycles. The average Bonchev–Trinajstić information content (AvgIpc) is 2.75. The first-order chi connectivity index (χ1) is 8.80. The fraction of sp³-hybridized carbons (Fsp3) is 0.583. The molecule has 1 saturated heterocycles. The molecular formula is C12H17NO4S2. The lowest BCUT2D eigenvalue weighted by molar-refractivity contribution is -0.143. The minimum absolute atomic E-state index is 0.0608. The first kappa shape index (κ1) is 14.5. The number of piperidine rings is 1. The predicted octanol–water partition coefficient (Wildman–Crippen LogP) is 1.79. The maximum atomic E-state index is 12.5. The summed E-state index contributed by atoms with van der Waals surface area (Å²) in [6.07, 6.45) is 0.533. The summed E-state index contributed by atoms with van der Waals surface area (Å²) in [7, 11) is -3.55. The Morgan fingerprint density at radius 1 is 1.42 bits per heavy atom. The number of aliphatic carboxylic acids is 1. The topological polar surface area (TPSA) is 74.7 Å². The van der Waals surface area contributed by atoms with Gasteiger partial charge in [-0.3, -0.25) is 4.79 Å². The third-order valence-electron chi connectivity index (χ3n) is 3.29. The first-order valence-corrected chi connectivity index (χ1v) is 8.35. The monoisotopic (exact) mass is 303 g/mol. The van der Waals surface area contributed by atoms with Gasteiger partial charge in [-0.1, -0.05) is 6.92 Å². The van der Waals surface area contributed by atoms with Gasteiger partial charge in [-0.2, -0.15) is 4.31 Å². The lowest BCUT2D eigenvalue weighted by atomic mass is 9.92. The Hall–Kier alpha value is -0.920. The average molecular weight is 303 g/mol. The van der Waals surface area contributed by atoms with E-state index in [4.69, 9.17) is 5.11 Å². The summed E-state index contributed by atoms with van der Waals surface area (Å²) in [5, 5.41) is 9.10. The molecule has 1 aliphatic rings. The van der Waals surface area contributed by atoms with Crippen LogP contribution in [0.25, 0.3) is 0 Å². The van der Waals surface area contributed by atoms with Gasteiger partial charge in [0.05, 0.1) is 5.92 Å². The molecule has 0 aliphatic carbocycles. The maximum absolute atomic E-state index is 12.5. The molecule has 2 heterocycles. The van der Waals surface area contributed by atoms with Crippen LogP contribution in [0.5, 0.6) is 0 Å². The van der Waals surface area contributed by atoms with E-state index >= 15 is 0 Å². The molecule has 19 heavy (non-hydrogen) atoms. The van der Waals surface area contributed by atoms with Crippen molar-refractivity contribution in [3.63, 3.8) is 0 Å². The molecule has 0 amide bonds. The number of sulfonamides is 1. The van der Waals surface area contributed by atoms with Gasteiger partial charge in [0.15, 0.2) is 0 Å². The molecule has 106 valence electrons. The molecule has 2 atom stereocenters. The number of carboxylic acid groups (broad SMARTS) is 1. The van der Waals surface area contributed by atoms with Gasteiger partial charge >= 0.3 is 5.97 Å². The summed E-state index contributed by atoms with van der Waals surface area (Å²) in [6.45, 7) is 4.20. The number of hydrogen-bond acceptors (Lipinski definition) is 4. The van der Waals surface area contributed by atoms with E-state index in [1.165, 1.54) is 15.6 Å². The Kier molecular flexibility index (Phi) is 3.98. The zero-order valence-corrected chi connectivity index (χ0v) is 12.5. The Labute approximate surface area is 116 Å². The van der Waals surface area contributed by atoms with E-state index in [1.807, 2.05) is 13.8 Å². The second-order valence-corrected chi connectivity index (χ2v) is 8.52. The largest absolute Gasteiger partial charge is 0.481 e. The van der Waals surface area contributed by atoms with Gasteiger partial charge in [-0.25, -0.2) is 8.42 Å². The molecule has 1 aromatic heterocycles. The SMILES string of the molecule is Cc1ccc(S(=O)(=O)N2CC(C)CC(C(=O)O)C2)s1. The van der Waals surface area contributed by atoms with Crippen LogP contribution in [-0.4, -0.2) is 36.9 Å². The highest BCUT2D eigenvalue weighted by atomic mass is 32.2. The van der Waals surface area contributed by atoms with Crippen LogP contribution in [-0.2, 0) is 14.8 Å². The van der Waals surface area contributed by atoms with Crippen LogP contribution in [0.3, 0.4) is 0 Å². The van der Waals surface area contributed by atoms with Gasteiger partial charge in [0.2, 0.25) is 0 Å². The molecule has 0 saturated carbocycles. The summed E-state index contributed by atoms with van der Waals surface area (Å²) in [5.74, 6) is -1.47. The highest BCUT2D eigenvalue weighted by molar-refractivity contribution is 7.91. The molecule has 0 spiro atoms. The highest BCUT2D eigenvalue weighted by Gasteiger charge is 2.36. The minimum atomic E-state index is -3.55. The van der Waals surface area contributed by atoms with Crippen LogP contribution < -0.4 is 0 Å². The molecule has 7 heteroatoms. The second kappa shape index (κ2) is 5.22. The fourth-order valence-corrected chi connectivity index (χ4v) is 5.40. The molecule has 0 radical (unpaired) electrons. The third-order valence-corrected chi connectivity index (χ3v) is 6.59. The Bertz CT molecular complexity index is 578. The van der Waals surface area contributed by atoms with Gasteiger partial charge in [-0.05, 0) is 31.4 Å². The summed E-state index contributed by atoms with van der Waals surface area (Å²) in [5.41, 5.74) is 0. The molecule has 2 rings (SSSR count). The Morgan fingerprint density at radius 2 is 2.11 bits per heavy atom. The normalized spacial score (nSPS) is 25.4. The summed E-state index contributed by atoms with van der Waals surface area (Å²) >= 11 is 1.22. The van der Waals surface area contributed by atoms with Crippen molar-refractivity contribution >= 4 is 27.3 Å². The van der Waals surface area contributed by atoms with Gasteiger partial charge < -0.3 is 5.11 Å². The standard InChI is InChI=1S/C12H17NO4S2/c1-8-5-10(12(14)15)7-13(6-8)19(16,17)11-4-3-9(2)18-11/h3-4,8,10H,5-7H2,1-2H3,(H,14,15). The van der Waals surface area contributed by atoms with Crippen LogP contribution in [0.2, 0.25) is 0 Å². The number of carbonyl (C=O) groups is 1. The number of rotatable bonds is 3. The van der Waals surface area contributed by atoms with E-state index in [9.17, 15) is 13.2 Å². The maximum Gasteiger partial charge on any atom is 0.307 e. The van der Waals surface area contributed by atoms with Crippen LogP contribution >= 0.6 is 11.3 Å². The fourth-order valence-electron chi connectivity index (χ4n) is 2.36. The Morgan fingerprint density at radius 3 is 2.63 bits per heavy atom. The van der Waals surface area contributed by atoms with E-state index in [-0.39, 0.29) is 12.5 Å². The second-order valence-electron chi connectivity index (χ2n) is 5.06. The highest BCUT2D eigenvalue weighted by Crippen LogP contribution is 2.30. The van der Waals surface area contributed by atoms with E-state index in [2.05, 4.69) is 0 Å². The lowest BCUT2D eigenvalue weighted by Crippen LogP contribution is -2.45. The van der Waals surface area contributed by atoms with E-state index < -0.39 is 21.9 Å². The first-order valence-electron chi connectivity index (χ1n) is 6.10. The third kappa shape index (κ3) is 2.98. The molecule has 0 bridgehead atoms. The van der Waals surface area contributed by atoms with Gasteiger partial charge in [0.1, 0.15) is 4.21 Å². The van der Waals surface area contributed by atoms with Crippen molar-refractivity contribution in [1.82, 2.24) is 4.31 Å². The van der Waals surface area contributed by atoms with Crippen molar-refractivity contribution in [3.05, 3.63) is 17.0 Å². The van der Waals surface area contributed by atoms with Crippen molar-refractivity contribution in [3.8, 4) is 0 Å². The number of hydrogen-bond donors (Lipinski definition) is 1. The molecule has 1 fully saturated rings. The van der Waals surface area contributed by atoms with Crippen LogP contribution in [0.15, 0.2) is 16.3 Å². The van der Waals surface area contributed by atoms with Crippen LogP contribution in [0.4, 0.5) is 0 Å². The molecule has 5 nitrogen and oxygen atoms in total. The minimum Gasteiger partial charge on any atom is -0.481 e. The van der Waals surface area contributed by atoms with Gasteiger partial charge in [-0.15, -0.1) is 11.3 Å². The van der Waals surface area contributed by atoms with Crippen molar-refractivity contribution in [1.29, 1.82) is 0 Å². The van der Waals surface area contributed by atoms with Gasteiger partial charge in [0, 0.05) is 18.0 Å². The molecular weight excluding hydrogens is 286 g/mol. The summed E-state index contributed by atoms with van der Waals surface area (Å²) in [4.78, 5) is 12.0. The smallest absolute Gasteiger partial charge is 0.307 e. The quantitative estimate of drug-likeness (QED) is 0.923. The zero-order valence-electron chi connectivity index (χ0n) is 10.9.